The number of rotatable bonds is 2. The Kier molecular flexibility index (Phi) is 5.37. The Labute approximate surface area is 192 Å². The lowest BCUT2D eigenvalue weighted by atomic mass is 9.79. The number of hydrogen-bond acceptors (Lipinski definition) is 4. The molecule has 2 heterocycles. The Balaban J connectivity index is 1.77. The number of aryl methyl sites for hydroxylation is 1. The fourth-order valence-corrected chi connectivity index (χ4v) is 4.65. The van der Waals surface area contributed by atoms with Crippen LogP contribution in [0.1, 0.15) is 49.8 Å². The summed E-state index contributed by atoms with van der Waals surface area (Å²) < 4.78 is 0. The van der Waals surface area contributed by atoms with E-state index in [9.17, 15) is 14.4 Å². The van der Waals surface area contributed by atoms with Crippen LogP contribution >= 0.6 is 11.6 Å². The normalized spacial score (nSPS) is 21.6. The number of barbiturate groups is 1. The van der Waals surface area contributed by atoms with Gasteiger partial charge in [-0.3, -0.25) is 14.9 Å². The summed E-state index contributed by atoms with van der Waals surface area (Å²) in [5.74, 6) is -1.03. The largest absolute Gasteiger partial charge is 0.369 e. The highest BCUT2D eigenvalue weighted by Crippen LogP contribution is 2.43. The van der Waals surface area contributed by atoms with E-state index in [1.165, 1.54) is 5.56 Å². The van der Waals surface area contributed by atoms with Crippen molar-refractivity contribution in [2.45, 2.75) is 45.6 Å². The Bertz CT molecular complexity index is 1170. The first-order valence-electron chi connectivity index (χ1n) is 10.5. The third-order valence-corrected chi connectivity index (χ3v) is 6.76. The number of urea groups is 1. The van der Waals surface area contributed by atoms with Crippen LogP contribution in [-0.2, 0) is 9.59 Å². The molecule has 1 atom stereocenters. The first kappa shape index (κ1) is 22.1. The minimum Gasteiger partial charge on any atom is -0.369 e. The smallest absolute Gasteiger partial charge is 0.335 e. The van der Waals surface area contributed by atoms with Gasteiger partial charge in [0.25, 0.3) is 11.8 Å². The second-order valence-corrected chi connectivity index (χ2v) is 9.61. The van der Waals surface area contributed by atoms with Gasteiger partial charge < -0.3 is 4.90 Å². The van der Waals surface area contributed by atoms with E-state index in [4.69, 9.17) is 11.6 Å². The number of carbonyl (C=O) groups excluding carboxylic acids is 3. The van der Waals surface area contributed by atoms with Crippen molar-refractivity contribution in [1.29, 1.82) is 0 Å². The molecule has 2 aromatic rings. The summed E-state index contributed by atoms with van der Waals surface area (Å²) in [5, 5.41) is 2.75. The van der Waals surface area contributed by atoms with Gasteiger partial charge in [0.05, 0.1) is 5.69 Å². The van der Waals surface area contributed by atoms with Crippen molar-refractivity contribution in [1.82, 2.24) is 5.32 Å². The minimum atomic E-state index is -0.779. The van der Waals surface area contributed by atoms with Gasteiger partial charge in [-0.2, -0.15) is 0 Å². The van der Waals surface area contributed by atoms with Crippen LogP contribution < -0.4 is 15.1 Å². The molecule has 0 unspecified atom stereocenters. The molecular weight excluding hydrogens is 426 g/mol. The van der Waals surface area contributed by atoms with E-state index in [0.29, 0.717) is 16.6 Å². The van der Waals surface area contributed by atoms with E-state index >= 15 is 0 Å². The first-order valence-corrected chi connectivity index (χ1v) is 10.9. The van der Waals surface area contributed by atoms with E-state index in [0.717, 1.165) is 28.1 Å². The van der Waals surface area contributed by atoms with Crippen LogP contribution in [0, 0.1) is 6.92 Å². The average molecular weight is 452 g/mol. The maximum atomic E-state index is 13.2. The molecule has 7 heteroatoms. The van der Waals surface area contributed by atoms with Crippen molar-refractivity contribution in [3.05, 3.63) is 63.7 Å². The topological polar surface area (TPSA) is 69.7 Å². The summed E-state index contributed by atoms with van der Waals surface area (Å²) >= 11 is 5.92. The summed E-state index contributed by atoms with van der Waals surface area (Å²) in [4.78, 5) is 41.4. The van der Waals surface area contributed by atoms with Crippen molar-refractivity contribution in [2.75, 3.05) is 16.8 Å². The van der Waals surface area contributed by atoms with Crippen LogP contribution in [0.4, 0.5) is 16.2 Å². The van der Waals surface area contributed by atoms with Gasteiger partial charge >= 0.3 is 6.03 Å². The van der Waals surface area contributed by atoms with Gasteiger partial charge in [-0.1, -0.05) is 18.5 Å². The molecule has 0 radical (unpaired) electrons. The molecule has 0 bridgehead atoms. The maximum absolute atomic E-state index is 13.2. The highest BCUT2D eigenvalue weighted by atomic mass is 35.5. The maximum Gasteiger partial charge on any atom is 0.335 e. The van der Waals surface area contributed by atoms with E-state index in [1.807, 2.05) is 6.92 Å². The number of carbonyl (C=O) groups is 3. The fraction of sp³-hybridized carbons (Fsp3) is 0.320. The molecule has 2 aliphatic rings. The third kappa shape index (κ3) is 3.69. The predicted octanol–water partition coefficient (Wildman–Crippen LogP) is 5.04. The standard InChI is InChI=1S/C25H26ClN3O3/c1-14-10-21-19(15(2)13-25(3,4)28(21)5)11-16(14)12-20-22(30)27-24(32)29(23(20)31)18-8-6-17(26)7-9-18/h6-12,15H,13H2,1-5H3,(H,27,30,32)/b20-12+/t15-/m1/s1. The molecular formula is C25H26ClN3O3. The molecule has 0 saturated carbocycles. The van der Waals surface area contributed by atoms with Crippen molar-refractivity contribution in [2.24, 2.45) is 0 Å². The van der Waals surface area contributed by atoms with Gasteiger partial charge in [-0.15, -0.1) is 0 Å². The fourth-order valence-electron chi connectivity index (χ4n) is 4.53. The van der Waals surface area contributed by atoms with Crippen LogP contribution in [0.25, 0.3) is 6.08 Å². The summed E-state index contributed by atoms with van der Waals surface area (Å²) in [6, 6.07) is 9.69. The highest BCUT2D eigenvalue weighted by molar-refractivity contribution is 6.39. The molecule has 166 valence electrons. The third-order valence-electron chi connectivity index (χ3n) is 6.51. The molecule has 32 heavy (non-hydrogen) atoms. The molecule has 4 rings (SSSR count). The van der Waals surface area contributed by atoms with Crippen LogP contribution in [0.2, 0.25) is 5.02 Å². The molecule has 0 aromatic heterocycles. The van der Waals surface area contributed by atoms with Crippen molar-refractivity contribution >= 4 is 46.9 Å². The lowest BCUT2D eigenvalue weighted by Gasteiger charge is -2.45. The zero-order chi connectivity index (χ0) is 23.4. The molecule has 0 aliphatic carbocycles. The first-order chi connectivity index (χ1) is 15.0. The number of amides is 4. The zero-order valence-corrected chi connectivity index (χ0v) is 19.6. The Morgan fingerprint density at radius 1 is 1.12 bits per heavy atom. The molecule has 6 nitrogen and oxygen atoms in total. The molecule has 1 N–H and O–H groups in total. The molecule has 1 saturated heterocycles. The molecule has 4 amide bonds. The number of fused-ring (bicyclic) bond motifs is 1. The van der Waals surface area contributed by atoms with E-state index in [1.54, 1.807) is 30.3 Å². The quantitative estimate of drug-likeness (QED) is 0.513. The predicted molar refractivity (Wildman–Crippen MR) is 127 cm³/mol. The summed E-state index contributed by atoms with van der Waals surface area (Å²) in [6.07, 6.45) is 2.57. The lowest BCUT2D eigenvalue weighted by Crippen LogP contribution is -2.54. The number of nitrogens with one attached hydrogen (secondary N) is 1. The molecule has 1 fully saturated rings. The molecule has 2 aromatic carbocycles. The number of benzene rings is 2. The summed E-state index contributed by atoms with van der Waals surface area (Å²) in [5.41, 5.74) is 4.37. The van der Waals surface area contributed by atoms with Gasteiger partial charge in [0, 0.05) is 23.3 Å². The number of nitrogens with zero attached hydrogens (tertiary/aromatic N) is 2. The summed E-state index contributed by atoms with van der Waals surface area (Å²) in [6.45, 7) is 8.61. The number of hydrogen-bond donors (Lipinski definition) is 1. The number of anilines is 2. The van der Waals surface area contributed by atoms with Crippen LogP contribution in [0.5, 0.6) is 0 Å². The zero-order valence-electron chi connectivity index (χ0n) is 18.8. The Hall–Kier alpha value is -3.12. The number of imide groups is 2. The van der Waals surface area contributed by atoms with Gasteiger partial charge in [-0.25, -0.2) is 9.69 Å². The van der Waals surface area contributed by atoms with Crippen molar-refractivity contribution in [3.8, 4) is 0 Å². The van der Waals surface area contributed by atoms with Crippen LogP contribution in [-0.4, -0.2) is 30.4 Å². The van der Waals surface area contributed by atoms with Crippen LogP contribution in [0.15, 0.2) is 42.0 Å². The van der Waals surface area contributed by atoms with Gasteiger partial charge in [0.2, 0.25) is 0 Å². The lowest BCUT2D eigenvalue weighted by molar-refractivity contribution is -0.122. The van der Waals surface area contributed by atoms with E-state index in [-0.39, 0.29) is 11.1 Å². The van der Waals surface area contributed by atoms with E-state index < -0.39 is 17.8 Å². The summed E-state index contributed by atoms with van der Waals surface area (Å²) in [7, 11) is 2.09. The average Bonchev–Trinajstić information content (AvgIpc) is 2.71. The molecule has 0 spiro atoms. The molecule has 2 aliphatic heterocycles. The van der Waals surface area contributed by atoms with Gasteiger partial charge in [0.15, 0.2) is 0 Å². The minimum absolute atomic E-state index is 0.0392. The SMILES string of the molecule is Cc1cc2c(cc1/C=C1\C(=O)NC(=O)N(c3ccc(Cl)cc3)C1=O)[C@H](C)CC(C)(C)N2C. The second kappa shape index (κ2) is 7.78. The van der Waals surface area contributed by atoms with E-state index in [2.05, 4.69) is 50.2 Å². The number of halogens is 1. The van der Waals surface area contributed by atoms with Gasteiger partial charge in [-0.05, 0) is 92.3 Å². The second-order valence-electron chi connectivity index (χ2n) is 9.18. The Morgan fingerprint density at radius 3 is 2.44 bits per heavy atom. The van der Waals surface area contributed by atoms with Crippen molar-refractivity contribution < 1.29 is 14.4 Å². The Morgan fingerprint density at radius 2 is 1.78 bits per heavy atom. The monoisotopic (exact) mass is 451 g/mol. The van der Waals surface area contributed by atoms with Crippen molar-refractivity contribution in [3.63, 3.8) is 0 Å². The highest BCUT2D eigenvalue weighted by Gasteiger charge is 2.38. The van der Waals surface area contributed by atoms with Gasteiger partial charge in [0.1, 0.15) is 5.57 Å². The van der Waals surface area contributed by atoms with Crippen LogP contribution in [0.3, 0.4) is 0 Å².